The first-order valence-corrected chi connectivity index (χ1v) is 7.92. The van der Waals surface area contributed by atoms with Crippen LogP contribution in [0.1, 0.15) is 30.4 Å². The van der Waals surface area contributed by atoms with Gasteiger partial charge in [-0.3, -0.25) is 4.79 Å². The number of carbonyl (C=O) groups excluding carboxylic acids is 1. The second-order valence-corrected chi connectivity index (χ2v) is 6.50. The minimum absolute atomic E-state index is 0.118. The number of likely N-dealkylation sites (N-methyl/N-ethyl adjacent to an activating group) is 1. The quantitative estimate of drug-likeness (QED) is 0.909. The first-order chi connectivity index (χ1) is 10.1. The predicted octanol–water partition coefficient (Wildman–Crippen LogP) is 1.34. The Bertz CT molecular complexity index is 517. The van der Waals surface area contributed by atoms with Crippen LogP contribution in [0.4, 0.5) is 0 Å². The Kier molecular flexibility index (Phi) is 4.00. The Morgan fingerprint density at radius 3 is 2.52 bits per heavy atom. The number of hydrogen-bond donors (Lipinski definition) is 1. The van der Waals surface area contributed by atoms with Crippen LogP contribution < -0.4 is 5.73 Å². The van der Waals surface area contributed by atoms with E-state index in [-0.39, 0.29) is 11.4 Å². The third-order valence-corrected chi connectivity index (χ3v) is 4.81. The number of hydrogen-bond acceptors (Lipinski definition) is 3. The fourth-order valence-electron chi connectivity index (χ4n) is 3.08. The summed E-state index contributed by atoms with van der Waals surface area (Å²) in [5, 5.41) is 0. The van der Waals surface area contributed by atoms with Gasteiger partial charge in [-0.15, -0.1) is 0 Å². The van der Waals surface area contributed by atoms with Gasteiger partial charge in [0.1, 0.15) is 0 Å². The highest BCUT2D eigenvalue weighted by Crippen LogP contribution is 2.44. The molecule has 114 valence electrons. The number of rotatable bonds is 4. The lowest BCUT2D eigenvalue weighted by Gasteiger charge is -2.32. The van der Waals surface area contributed by atoms with Crippen molar-refractivity contribution in [2.24, 2.45) is 5.73 Å². The maximum atomic E-state index is 12.3. The molecule has 1 aliphatic carbocycles. The number of carbonyl (C=O) groups is 1. The number of nitrogens with zero attached hydrogens (tertiary/aromatic N) is 2. The summed E-state index contributed by atoms with van der Waals surface area (Å²) >= 11 is 0. The molecule has 21 heavy (non-hydrogen) atoms. The van der Waals surface area contributed by atoms with Crippen LogP contribution in [0.5, 0.6) is 0 Å². The maximum absolute atomic E-state index is 12.3. The topological polar surface area (TPSA) is 49.6 Å². The van der Waals surface area contributed by atoms with Crippen molar-refractivity contribution in [2.45, 2.75) is 31.2 Å². The second kappa shape index (κ2) is 5.78. The number of nitrogens with two attached hydrogens (primary N) is 1. The molecule has 1 amide bonds. The van der Waals surface area contributed by atoms with Gasteiger partial charge in [-0.05, 0) is 37.4 Å². The second-order valence-electron chi connectivity index (χ2n) is 6.50. The van der Waals surface area contributed by atoms with Crippen LogP contribution in [0.3, 0.4) is 0 Å². The smallest absolute Gasteiger partial charge is 0.222 e. The van der Waals surface area contributed by atoms with Crippen molar-refractivity contribution in [1.82, 2.24) is 9.80 Å². The third-order valence-electron chi connectivity index (χ3n) is 4.81. The lowest BCUT2D eigenvalue weighted by atomic mass is 9.95. The van der Waals surface area contributed by atoms with Crippen LogP contribution in [0.25, 0.3) is 0 Å². The van der Waals surface area contributed by atoms with Crippen molar-refractivity contribution < 1.29 is 4.79 Å². The van der Waals surface area contributed by atoms with Crippen LogP contribution in [-0.4, -0.2) is 48.9 Å². The predicted molar refractivity (Wildman–Crippen MR) is 83.9 cm³/mol. The molecule has 0 bridgehead atoms. The van der Waals surface area contributed by atoms with Gasteiger partial charge in [0.2, 0.25) is 5.91 Å². The Morgan fingerprint density at radius 1 is 1.19 bits per heavy atom. The van der Waals surface area contributed by atoms with Crippen LogP contribution in [0, 0.1) is 0 Å². The molecule has 0 atom stereocenters. The van der Waals surface area contributed by atoms with Gasteiger partial charge in [0.25, 0.3) is 0 Å². The minimum Gasteiger partial charge on any atom is -0.340 e. The zero-order valence-corrected chi connectivity index (χ0v) is 12.8. The van der Waals surface area contributed by atoms with Crippen molar-refractivity contribution in [3.05, 3.63) is 35.4 Å². The molecule has 2 fully saturated rings. The van der Waals surface area contributed by atoms with Gasteiger partial charge in [-0.2, -0.15) is 0 Å². The van der Waals surface area contributed by atoms with E-state index in [0.717, 1.165) is 45.4 Å². The zero-order valence-electron chi connectivity index (χ0n) is 12.8. The van der Waals surface area contributed by atoms with Crippen molar-refractivity contribution in [2.75, 3.05) is 33.2 Å². The molecule has 3 rings (SSSR count). The van der Waals surface area contributed by atoms with E-state index < -0.39 is 0 Å². The van der Waals surface area contributed by atoms with Crippen molar-refractivity contribution in [3.63, 3.8) is 0 Å². The molecule has 2 N–H and O–H groups in total. The average molecular weight is 287 g/mol. The van der Waals surface area contributed by atoms with E-state index in [9.17, 15) is 4.79 Å². The fraction of sp³-hybridized carbons (Fsp3) is 0.588. The highest BCUT2D eigenvalue weighted by Gasteiger charge is 2.41. The number of benzene rings is 1. The molecule has 1 aromatic carbocycles. The van der Waals surface area contributed by atoms with Crippen LogP contribution in [-0.2, 0) is 16.8 Å². The SMILES string of the molecule is CN1CCN(C(=O)CCc2ccccc2C2(N)CC2)CC1. The minimum atomic E-state index is -0.118. The van der Waals surface area contributed by atoms with E-state index in [1.165, 1.54) is 11.1 Å². The lowest BCUT2D eigenvalue weighted by molar-refractivity contribution is -0.132. The van der Waals surface area contributed by atoms with Crippen molar-refractivity contribution in [1.29, 1.82) is 0 Å². The Labute approximate surface area is 126 Å². The summed E-state index contributed by atoms with van der Waals surface area (Å²) in [6.45, 7) is 3.68. The molecule has 4 heteroatoms. The summed E-state index contributed by atoms with van der Waals surface area (Å²) in [7, 11) is 2.11. The van der Waals surface area contributed by atoms with Crippen molar-refractivity contribution in [3.8, 4) is 0 Å². The third kappa shape index (κ3) is 3.27. The molecule has 0 unspecified atom stereocenters. The first kappa shape index (κ1) is 14.5. The van der Waals surface area contributed by atoms with Gasteiger partial charge in [-0.25, -0.2) is 0 Å². The molecule has 1 saturated carbocycles. The van der Waals surface area contributed by atoms with Gasteiger partial charge in [0.15, 0.2) is 0 Å². The summed E-state index contributed by atoms with van der Waals surface area (Å²) in [4.78, 5) is 16.6. The van der Waals surface area contributed by atoms with E-state index in [4.69, 9.17) is 5.73 Å². The first-order valence-electron chi connectivity index (χ1n) is 7.92. The fourth-order valence-corrected chi connectivity index (χ4v) is 3.08. The maximum Gasteiger partial charge on any atom is 0.222 e. The van der Waals surface area contributed by atoms with E-state index in [2.05, 4.69) is 24.1 Å². The monoisotopic (exact) mass is 287 g/mol. The van der Waals surface area contributed by atoms with E-state index >= 15 is 0 Å². The van der Waals surface area contributed by atoms with Crippen LogP contribution in [0.2, 0.25) is 0 Å². The van der Waals surface area contributed by atoms with Crippen molar-refractivity contribution >= 4 is 5.91 Å². The summed E-state index contributed by atoms with van der Waals surface area (Å²) < 4.78 is 0. The molecular weight excluding hydrogens is 262 g/mol. The number of aryl methyl sites for hydroxylation is 1. The lowest BCUT2D eigenvalue weighted by Crippen LogP contribution is -2.47. The molecule has 0 aromatic heterocycles. The Balaban J connectivity index is 1.59. The number of amides is 1. The molecule has 1 aliphatic heterocycles. The molecule has 0 spiro atoms. The Morgan fingerprint density at radius 2 is 1.86 bits per heavy atom. The largest absolute Gasteiger partial charge is 0.340 e. The molecule has 0 radical (unpaired) electrons. The molecular formula is C17H25N3O. The normalized spacial score (nSPS) is 21.3. The average Bonchev–Trinajstić information content (AvgIpc) is 3.25. The van der Waals surface area contributed by atoms with Gasteiger partial charge in [0.05, 0.1) is 0 Å². The van der Waals surface area contributed by atoms with E-state index in [1.54, 1.807) is 0 Å². The van der Waals surface area contributed by atoms with Crippen LogP contribution >= 0.6 is 0 Å². The van der Waals surface area contributed by atoms with E-state index in [0.29, 0.717) is 6.42 Å². The highest BCUT2D eigenvalue weighted by atomic mass is 16.2. The zero-order chi connectivity index (χ0) is 14.9. The summed E-state index contributed by atoms with van der Waals surface area (Å²) in [6, 6.07) is 8.35. The Hall–Kier alpha value is -1.39. The summed E-state index contributed by atoms with van der Waals surface area (Å²) in [5.74, 6) is 0.278. The highest BCUT2D eigenvalue weighted by molar-refractivity contribution is 5.76. The van der Waals surface area contributed by atoms with Gasteiger partial charge < -0.3 is 15.5 Å². The van der Waals surface area contributed by atoms with Gasteiger partial charge >= 0.3 is 0 Å². The number of piperazine rings is 1. The van der Waals surface area contributed by atoms with Gasteiger partial charge in [0, 0.05) is 38.1 Å². The summed E-state index contributed by atoms with van der Waals surface area (Å²) in [6.07, 6.45) is 3.53. The standard InChI is InChI=1S/C17H25N3O/c1-19-10-12-20(13-11-19)16(21)7-6-14-4-2-3-5-15(14)17(18)8-9-17/h2-5H,6-13,18H2,1H3. The molecule has 4 nitrogen and oxygen atoms in total. The van der Waals surface area contributed by atoms with Gasteiger partial charge in [-0.1, -0.05) is 24.3 Å². The molecule has 1 saturated heterocycles. The van der Waals surface area contributed by atoms with E-state index in [1.807, 2.05) is 17.0 Å². The van der Waals surface area contributed by atoms with Crippen LogP contribution in [0.15, 0.2) is 24.3 Å². The molecule has 1 aromatic rings. The summed E-state index contributed by atoms with van der Waals surface area (Å²) in [5.41, 5.74) is 8.71. The molecule has 2 aliphatic rings. The molecule has 1 heterocycles.